The van der Waals surface area contributed by atoms with E-state index in [0.29, 0.717) is 22.4 Å². The highest BCUT2D eigenvalue weighted by Gasteiger charge is 2.32. The molecule has 0 radical (unpaired) electrons. The van der Waals surface area contributed by atoms with Crippen molar-refractivity contribution in [2.75, 3.05) is 25.2 Å². The van der Waals surface area contributed by atoms with Gasteiger partial charge in [-0.2, -0.15) is 0 Å². The van der Waals surface area contributed by atoms with Crippen LogP contribution >= 0.6 is 55.1 Å². The summed E-state index contributed by atoms with van der Waals surface area (Å²) in [7, 11) is 0. The molecule has 19 heavy (non-hydrogen) atoms. The van der Waals surface area contributed by atoms with Crippen LogP contribution in [0.5, 0.6) is 5.75 Å². The van der Waals surface area contributed by atoms with Crippen LogP contribution < -0.4 is 4.74 Å². The molecule has 0 N–H and O–H groups in total. The van der Waals surface area contributed by atoms with Gasteiger partial charge in [0, 0.05) is 34.5 Å². The van der Waals surface area contributed by atoms with Crippen molar-refractivity contribution in [2.24, 2.45) is 5.41 Å². The zero-order valence-electron chi connectivity index (χ0n) is 10.2. The van der Waals surface area contributed by atoms with E-state index >= 15 is 0 Å². The fraction of sp³-hybridized carbons (Fsp3) is 0.538. The van der Waals surface area contributed by atoms with Crippen LogP contribution in [-0.2, 0) is 4.74 Å². The van der Waals surface area contributed by atoms with E-state index in [1.54, 1.807) is 12.1 Å². The summed E-state index contributed by atoms with van der Waals surface area (Å²) in [6.07, 6.45) is 1.97. The Morgan fingerprint density at radius 1 is 1.21 bits per heavy atom. The Bertz CT molecular complexity index is 449. The van der Waals surface area contributed by atoms with Gasteiger partial charge in [0.05, 0.1) is 16.7 Å². The monoisotopic (exact) mass is 430 g/mol. The number of hydrogen-bond acceptors (Lipinski definition) is 2. The average molecular weight is 433 g/mol. The second kappa shape index (κ2) is 6.99. The maximum Gasteiger partial charge on any atom is 0.139 e. The molecule has 1 heterocycles. The third-order valence-electron chi connectivity index (χ3n) is 3.35. The number of hydrogen-bond donors (Lipinski definition) is 0. The van der Waals surface area contributed by atoms with Gasteiger partial charge >= 0.3 is 0 Å². The summed E-state index contributed by atoms with van der Waals surface area (Å²) in [6.45, 7) is 2.17. The highest BCUT2D eigenvalue weighted by atomic mass is 79.9. The Hall–Kier alpha value is 0.520. The van der Waals surface area contributed by atoms with Crippen LogP contribution in [0, 0.1) is 5.41 Å². The molecule has 0 spiro atoms. The van der Waals surface area contributed by atoms with Crippen molar-refractivity contribution in [1.82, 2.24) is 0 Å². The first-order valence-corrected chi connectivity index (χ1v) is 8.64. The number of alkyl halides is 1. The van der Waals surface area contributed by atoms with E-state index < -0.39 is 0 Å². The summed E-state index contributed by atoms with van der Waals surface area (Å²) in [6, 6.07) is 3.50. The van der Waals surface area contributed by atoms with Crippen molar-refractivity contribution >= 4 is 55.1 Å². The van der Waals surface area contributed by atoms with Gasteiger partial charge in [0.15, 0.2) is 0 Å². The fourth-order valence-corrected chi connectivity index (χ4v) is 3.54. The van der Waals surface area contributed by atoms with Crippen molar-refractivity contribution in [3.8, 4) is 5.75 Å². The molecule has 0 saturated carbocycles. The molecule has 1 aromatic carbocycles. The van der Waals surface area contributed by atoms with Gasteiger partial charge in [-0.05, 0) is 34.8 Å². The van der Waals surface area contributed by atoms with Crippen molar-refractivity contribution in [3.63, 3.8) is 0 Å². The van der Waals surface area contributed by atoms with Gasteiger partial charge in [-0.25, -0.2) is 0 Å². The lowest BCUT2D eigenvalue weighted by Crippen LogP contribution is -2.36. The SMILES string of the molecule is Clc1cc(OCC2(CBr)CCOCC2)c(Cl)cc1Br. The summed E-state index contributed by atoms with van der Waals surface area (Å²) in [5, 5.41) is 2.05. The van der Waals surface area contributed by atoms with E-state index in [-0.39, 0.29) is 5.41 Å². The number of ether oxygens (including phenoxy) is 2. The molecule has 0 aromatic heterocycles. The van der Waals surface area contributed by atoms with Gasteiger partial charge in [0.2, 0.25) is 0 Å². The van der Waals surface area contributed by atoms with E-state index in [1.807, 2.05) is 0 Å². The minimum atomic E-state index is 0.112. The summed E-state index contributed by atoms with van der Waals surface area (Å²) < 4.78 is 12.1. The maximum atomic E-state index is 6.16. The predicted molar refractivity (Wildman–Crippen MR) is 85.9 cm³/mol. The van der Waals surface area contributed by atoms with Crippen molar-refractivity contribution in [2.45, 2.75) is 12.8 Å². The molecule has 1 saturated heterocycles. The zero-order valence-corrected chi connectivity index (χ0v) is 14.9. The molecule has 2 nitrogen and oxygen atoms in total. The molecule has 0 bridgehead atoms. The van der Waals surface area contributed by atoms with E-state index in [1.165, 1.54) is 0 Å². The summed E-state index contributed by atoms with van der Waals surface area (Å²) >= 11 is 19.1. The Morgan fingerprint density at radius 3 is 2.53 bits per heavy atom. The molecule has 1 aromatic rings. The maximum absolute atomic E-state index is 6.16. The standard InChI is InChI=1S/C13H14Br2Cl2O2/c14-7-13(1-3-18-4-2-13)8-19-12-6-10(16)9(15)5-11(12)17/h5-6H,1-4,7-8H2. The van der Waals surface area contributed by atoms with Gasteiger partial charge in [-0.15, -0.1) is 0 Å². The third kappa shape index (κ3) is 4.01. The van der Waals surface area contributed by atoms with Crippen LogP contribution in [0.4, 0.5) is 0 Å². The minimum Gasteiger partial charge on any atom is -0.491 e. The molecule has 0 unspecified atom stereocenters. The first kappa shape index (κ1) is 15.9. The van der Waals surface area contributed by atoms with Crippen molar-refractivity contribution in [1.29, 1.82) is 0 Å². The smallest absolute Gasteiger partial charge is 0.139 e. The Labute approximate surface area is 140 Å². The molecule has 0 amide bonds. The third-order valence-corrected chi connectivity index (χ3v) is 6.03. The summed E-state index contributed by atoms with van der Waals surface area (Å²) in [4.78, 5) is 0. The van der Waals surface area contributed by atoms with Gasteiger partial charge in [0.25, 0.3) is 0 Å². The Balaban J connectivity index is 2.07. The predicted octanol–water partition coefficient (Wildman–Crippen LogP) is 5.33. The van der Waals surface area contributed by atoms with Crippen LogP contribution in [0.2, 0.25) is 10.0 Å². The first-order valence-electron chi connectivity index (χ1n) is 5.97. The van der Waals surface area contributed by atoms with Gasteiger partial charge in [-0.3, -0.25) is 0 Å². The molecule has 1 fully saturated rings. The molecule has 0 aliphatic carbocycles. The largest absolute Gasteiger partial charge is 0.491 e. The van der Waals surface area contributed by atoms with Crippen LogP contribution in [0.3, 0.4) is 0 Å². The zero-order chi connectivity index (χ0) is 13.9. The van der Waals surface area contributed by atoms with Crippen molar-refractivity contribution < 1.29 is 9.47 Å². The number of benzene rings is 1. The number of rotatable bonds is 4. The lowest BCUT2D eigenvalue weighted by Gasteiger charge is -2.35. The quantitative estimate of drug-likeness (QED) is 0.473. The van der Waals surface area contributed by atoms with E-state index in [0.717, 1.165) is 35.9 Å². The molecule has 6 heteroatoms. The molecule has 1 aliphatic heterocycles. The highest BCUT2D eigenvalue weighted by molar-refractivity contribution is 9.10. The summed E-state index contributed by atoms with van der Waals surface area (Å²) in [5.41, 5.74) is 0.112. The fourth-order valence-electron chi connectivity index (χ4n) is 1.97. The van der Waals surface area contributed by atoms with Gasteiger partial charge in [0.1, 0.15) is 5.75 Å². The lowest BCUT2D eigenvalue weighted by molar-refractivity contribution is 0.00357. The van der Waals surface area contributed by atoms with Crippen LogP contribution in [0.1, 0.15) is 12.8 Å². The highest BCUT2D eigenvalue weighted by Crippen LogP contribution is 2.37. The van der Waals surface area contributed by atoms with Gasteiger partial charge < -0.3 is 9.47 Å². The number of halogens is 4. The normalized spacial score (nSPS) is 18.3. The molecule has 106 valence electrons. The second-order valence-electron chi connectivity index (χ2n) is 4.73. The first-order chi connectivity index (χ1) is 9.06. The molecular formula is C13H14Br2Cl2O2. The molecular weight excluding hydrogens is 419 g/mol. The Morgan fingerprint density at radius 2 is 1.89 bits per heavy atom. The second-order valence-corrected chi connectivity index (χ2v) is 6.96. The topological polar surface area (TPSA) is 18.5 Å². The van der Waals surface area contributed by atoms with Crippen LogP contribution in [0.15, 0.2) is 16.6 Å². The van der Waals surface area contributed by atoms with Crippen LogP contribution in [0.25, 0.3) is 0 Å². The van der Waals surface area contributed by atoms with Crippen LogP contribution in [-0.4, -0.2) is 25.2 Å². The van der Waals surface area contributed by atoms with E-state index in [4.69, 9.17) is 32.7 Å². The molecule has 2 rings (SSSR count). The van der Waals surface area contributed by atoms with Crippen molar-refractivity contribution in [3.05, 3.63) is 26.7 Å². The van der Waals surface area contributed by atoms with Gasteiger partial charge in [-0.1, -0.05) is 39.1 Å². The lowest BCUT2D eigenvalue weighted by atomic mass is 9.83. The molecule has 0 atom stereocenters. The van der Waals surface area contributed by atoms with E-state index in [2.05, 4.69) is 31.9 Å². The Kier molecular flexibility index (Phi) is 5.85. The summed E-state index contributed by atoms with van der Waals surface area (Å²) in [5.74, 6) is 0.627. The average Bonchev–Trinajstić information content (AvgIpc) is 2.42. The minimum absolute atomic E-state index is 0.112. The van der Waals surface area contributed by atoms with E-state index in [9.17, 15) is 0 Å². The molecule has 1 aliphatic rings.